The van der Waals surface area contributed by atoms with Gasteiger partial charge in [0.2, 0.25) is 0 Å². The van der Waals surface area contributed by atoms with Crippen molar-refractivity contribution in [3.05, 3.63) is 58.1 Å². The Kier molecular flexibility index (Phi) is 11.0. The highest BCUT2D eigenvalue weighted by Crippen LogP contribution is 2.33. The van der Waals surface area contributed by atoms with Crippen molar-refractivity contribution >= 4 is 35.3 Å². The first-order valence-corrected chi connectivity index (χ1v) is 13.7. The number of fused-ring (bicyclic) bond motifs is 2. The minimum Gasteiger partial charge on any atom is -0.465 e. The van der Waals surface area contributed by atoms with E-state index in [-0.39, 0.29) is 17.0 Å². The summed E-state index contributed by atoms with van der Waals surface area (Å²) in [6.07, 6.45) is 4.22. The molecule has 11 nitrogen and oxygen atoms in total. The molecule has 41 heavy (non-hydrogen) atoms. The average molecular weight is 567 g/mol. The summed E-state index contributed by atoms with van der Waals surface area (Å²) in [6.45, 7) is 6.55. The molecule has 1 aliphatic heterocycles. The Morgan fingerprint density at radius 1 is 0.756 bits per heavy atom. The maximum Gasteiger partial charge on any atom is 0.407 e. The molecule has 0 unspecified atom stereocenters. The lowest BCUT2D eigenvalue weighted by Gasteiger charge is -2.19. The van der Waals surface area contributed by atoms with Gasteiger partial charge in [0, 0.05) is 18.7 Å². The van der Waals surface area contributed by atoms with Gasteiger partial charge in [-0.15, -0.1) is 0 Å². The average Bonchev–Trinajstić information content (AvgIpc) is 2.93. The van der Waals surface area contributed by atoms with Crippen LogP contribution < -0.4 is 10.6 Å². The molecule has 2 amide bonds. The van der Waals surface area contributed by atoms with Crippen molar-refractivity contribution in [1.82, 2.24) is 10.6 Å². The molecule has 0 bridgehead atoms. The minimum absolute atomic E-state index is 0.0466. The van der Waals surface area contributed by atoms with Gasteiger partial charge < -0.3 is 24.8 Å². The number of nitrogens with one attached hydrogen (secondary N) is 2. The Balaban J connectivity index is 1.55. The van der Waals surface area contributed by atoms with Crippen LogP contribution in [0.2, 0.25) is 0 Å². The standard InChI is InChI=1S/C30H38N4O7/c1-30(2,3)41-29(38)32-15-9-7-6-8-14-31-26(35)21-13-11-19-10-12-20-16-22(27(36)39-4)23(28(37)40-5)18-25(20)34-33-24(19)17-21/h11,13,16-18H,6-10,12,14-15H2,1-5H3,(H,31,35)(H,32,38). The zero-order chi connectivity index (χ0) is 30.0. The number of amides is 2. The van der Waals surface area contributed by atoms with Crippen LogP contribution in [-0.2, 0) is 27.1 Å². The second-order valence-electron chi connectivity index (χ2n) is 10.7. The Hall–Kier alpha value is -4.28. The zero-order valence-electron chi connectivity index (χ0n) is 24.3. The van der Waals surface area contributed by atoms with Gasteiger partial charge in [0.05, 0.1) is 36.7 Å². The van der Waals surface area contributed by atoms with Gasteiger partial charge in [-0.05, 0) is 81.8 Å². The first kappa shape index (κ1) is 31.3. The van der Waals surface area contributed by atoms with E-state index in [9.17, 15) is 19.2 Å². The highest BCUT2D eigenvalue weighted by molar-refractivity contribution is 6.04. The molecular formula is C30H38N4O7. The van der Waals surface area contributed by atoms with Crippen molar-refractivity contribution in [2.24, 2.45) is 10.2 Å². The van der Waals surface area contributed by atoms with E-state index in [4.69, 9.17) is 14.2 Å². The van der Waals surface area contributed by atoms with Crippen LogP contribution in [0.1, 0.15) is 88.7 Å². The number of ether oxygens (including phenoxy) is 3. The Labute approximate surface area is 240 Å². The van der Waals surface area contributed by atoms with Crippen LogP contribution in [0.4, 0.5) is 16.2 Å². The molecule has 0 aliphatic carbocycles. The second kappa shape index (κ2) is 14.4. The lowest BCUT2D eigenvalue weighted by molar-refractivity contribution is 0.0525. The molecular weight excluding hydrogens is 528 g/mol. The summed E-state index contributed by atoms with van der Waals surface area (Å²) >= 11 is 0. The molecule has 2 aromatic rings. The third-order valence-electron chi connectivity index (χ3n) is 6.36. The Morgan fingerprint density at radius 3 is 1.93 bits per heavy atom. The fourth-order valence-corrected chi connectivity index (χ4v) is 4.28. The highest BCUT2D eigenvalue weighted by atomic mass is 16.6. The van der Waals surface area contributed by atoms with E-state index in [0.29, 0.717) is 42.9 Å². The molecule has 0 saturated heterocycles. The summed E-state index contributed by atoms with van der Waals surface area (Å²) in [6, 6.07) is 8.39. The van der Waals surface area contributed by atoms with Gasteiger partial charge >= 0.3 is 18.0 Å². The number of carbonyl (C=O) groups excluding carboxylic acids is 4. The molecule has 220 valence electrons. The molecule has 0 spiro atoms. The van der Waals surface area contributed by atoms with E-state index in [2.05, 4.69) is 20.9 Å². The second-order valence-corrected chi connectivity index (χ2v) is 10.7. The molecule has 0 fully saturated rings. The van der Waals surface area contributed by atoms with Crippen molar-refractivity contribution in [2.45, 2.75) is 64.9 Å². The van der Waals surface area contributed by atoms with Crippen LogP contribution in [0.5, 0.6) is 0 Å². The zero-order valence-corrected chi connectivity index (χ0v) is 24.3. The van der Waals surface area contributed by atoms with E-state index in [1.54, 1.807) is 18.2 Å². The summed E-state index contributed by atoms with van der Waals surface area (Å²) < 4.78 is 14.9. The normalized spacial score (nSPS) is 12.2. The minimum atomic E-state index is -0.678. The van der Waals surface area contributed by atoms with Gasteiger partial charge in [-0.25, -0.2) is 14.4 Å². The predicted molar refractivity (Wildman–Crippen MR) is 152 cm³/mol. The van der Waals surface area contributed by atoms with Crippen molar-refractivity contribution in [3.8, 4) is 0 Å². The first-order chi connectivity index (χ1) is 19.5. The van der Waals surface area contributed by atoms with Crippen molar-refractivity contribution in [2.75, 3.05) is 27.3 Å². The molecule has 2 N–H and O–H groups in total. The summed E-state index contributed by atoms with van der Waals surface area (Å²) in [5, 5.41) is 14.4. The summed E-state index contributed by atoms with van der Waals surface area (Å²) in [7, 11) is 2.48. The van der Waals surface area contributed by atoms with Crippen LogP contribution in [0.3, 0.4) is 0 Å². The van der Waals surface area contributed by atoms with E-state index in [1.807, 2.05) is 26.8 Å². The lowest BCUT2D eigenvalue weighted by atomic mass is 9.95. The molecule has 0 aromatic heterocycles. The lowest BCUT2D eigenvalue weighted by Crippen LogP contribution is -2.33. The van der Waals surface area contributed by atoms with Gasteiger partial charge in [0.15, 0.2) is 0 Å². The smallest absolute Gasteiger partial charge is 0.407 e. The summed E-state index contributed by atoms with van der Waals surface area (Å²) in [5.74, 6) is -1.52. The fraction of sp³-hybridized carbons (Fsp3) is 0.467. The number of hydrogen-bond donors (Lipinski definition) is 2. The predicted octanol–water partition coefficient (Wildman–Crippen LogP) is 5.59. The maximum atomic E-state index is 12.7. The maximum absolute atomic E-state index is 12.7. The molecule has 11 heteroatoms. The topological polar surface area (TPSA) is 145 Å². The third-order valence-corrected chi connectivity index (χ3v) is 6.36. The van der Waals surface area contributed by atoms with E-state index < -0.39 is 23.6 Å². The number of alkyl carbamates (subject to hydrolysis) is 1. The number of unbranched alkanes of at least 4 members (excludes halogenated alkanes) is 3. The number of aryl methyl sites for hydroxylation is 2. The SMILES string of the molecule is COC(=O)c1cc2c(cc1C(=O)OC)N=Nc1cc(C(=O)NCCCCCCNC(=O)OC(C)(C)C)ccc1CC2. The van der Waals surface area contributed by atoms with Crippen LogP contribution in [0.25, 0.3) is 0 Å². The van der Waals surface area contributed by atoms with Gasteiger partial charge in [0.1, 0.15) is 5.60 Å². The van der Waals surface area contributed by atoms with Crippen LogP contribution in [-0.4, -0.2) is 56.8 Å². The van der Waals surface area contributed by atoms with Gasteiger partial charge in [-0.2, -0.15) is 10.2 Å². The number of esters is 2. The number of benzene rings is 2. The number of nitrogens with zero attached hydrogens (tertiary/aromatic N) is 2. The van der Waals surface area contributed by atoms with Crippen LogP contribution in [0, 0.1) is 0 Å². The number of methoxy groups -OCH3 is 2. The largest absolute Gasteiger partial charge is 0.465 e. The fourth-order valence-electron chi connectivity index (χ4n) is 4.28. The van der Waals surface area contributed by atoms with E-state index in [0.717, 1.165) is 36.8 Å². The van der Waals surface area contributed by atoms with Crippen LogP contribution in [0.15, 0.2) is 40.6 Å². The molecule has 0 atom stereocenters. The van der Waals surface area contributed by atoms with Crippen molar-refractivity contribution in [1.29, 1.82) is 0 Å². The molecule has 2 aromatic carbocycles. The number of azo groups is 1. The third kappa shape index (κ3) is 9.12. The van der Waals surface area contributed by atoms with Gasteiger partial charge in [-0.3, -0.25) is 4.79 Å². The number of carbonyl (C=O) groups is 4. The molecule has 1 heterocycles. The number of rotatable bonds is 10. The molecule has 0 radical (unpaired) electrons. The van der Waals surface area contributed by atoms with Gasteiger partial charge in [-0.1, -0.05) is 18.9 Å². The molecule has 1 aliphatic rings. The summed E-state index contributed by atoms with van der Waals surface area (Å²) in [5.41, 5.74) is 2.78. The Morgan fingerprint density at radius 2 is 1.32 bits per heavy atom. The molecule has 0 saturated carbocycles. The number of hydrogen-bond acceptors (Lipinski definition) is 9. The van der Waals surface area contributed by atoms with E-state index >= 15 is 0 Å². The van der Waals surface area contributed by atoms with E-state index in [1.165, 1.54) is 20.3 Å². The monoisotopic (exact) mass is 566 g/mol. The highest BCUT2D eigenvalue weighted by Gasteiger charge is 2.23. The van der Waals surface area contributed by atoms with Crippen LogP contribution >= 0.6 is 0 Å². The Bertz CT molecular complexity index is 1310. The quantitative estimate of drug-likeness (QED) is 0.217. The van der Waals surface area contributed by atoms with Crippen molar-refractivity contribution in [3.63, 3.8) is 0 Å². The molecule has 3 rings (SSSR count). The van der Waals surface area contributed by atoms with Gasteiger partial charge in [0.25, 0.3) is 5.91 Å². The first-order valence-electron chi connectivity index (χ1n) is 13.7. The summed E-state index contributed by atoms with van der Waals surface area (Å²) in [4.78, 5) is 49.0. The van der Waals surface area contributed by atoms with Crippen molar-refractivity contribution < 1.29 is 33.4 Å².